The first-order chi connectivity index (χ1) is 12.1. The third kappa shape index (κ3) is 7.71. The zero-order valence-electron chi connectivity index (χ0n) is 16.3. The van der Waals surface area contributed by atoms with Crippen molar-refractivity contribution in [3.63, 3.8) is 0 Å². The number of amides is 2. The SMILES string of the molecule is COCCNC(=O)CN1CCN(C(=O)C2(COC)CCNCC2)CC1.Cl.Cl. The molecule has 2 fully saturated rings. The minimum Gasteiger partial charge on any atom is -0.384 e. The molecule has 0 radical (unpaired) electrons. The van der Waals surface area contributed by atoms with Crippen LogP contribution in [0.25, 0.3) is 0 Å². The van der Waals surface area contributed by atoms with Gasteiger partial charge in [-0.1, -0.05) is 0 Å². The molecule has 2 saturated heterocycles. The van der Waals surface area contributed by atoms with Gasteiger partial charge >= 0.3 is 0 Å². The molecule has 0 aromatic heterocycles. The van der Waals surface area contributed by atoms with Crippen molar-refractivity contribution in [3.05, 3.63) is 0 Å². The summed E-state index contributed by atoms with van der Waals surface area (Å²) >= 11 is 0. The first-order valence-corrected chi connectivity index (χ1v) is 9.08. The maximum absolute atomic E-state index is 13.1. The zero-order chi connectivity index (χ0) is 18.1. The Balaban J connectivity index is 0.00000338. The van der Waals surface area contributed by atoms with Gasteiger partial charge in [0.1, 0.15) is 0 Å². The van der Waals surface area contributed by atoms with Crippen LogP contribution in [0.1, 0.15) is 12.8 Å². The molecule has 0 spiro atoms. The zero-order valence-corrected chi connectivity index (χ0v) is 18.0. The molecule has 160 valence electrons. The fraction of sp³-hybridized carbons (Fsp3) is 0.882. The predicted molar refractivity (Wildman–Crippen MR) is 109 cm³/mol. The maximum atomic E-state index is 13.1. The minimum atomic E-state index is -0.389. The normalized spacial score (nSPS) is 19.6. The van der Waals surface area contributed by atoms with Gasteiger partial charge in [0.25, 0.3) is 0 Å². The average Bonchev–Trinajstić information content (AvgIpc) is 2.63. The van der Waals surface area contributed by atoms with E-state index in [0.29, 0.717) is 39.4 Å². The summed E-state index contributed by atoms with van der Waals surface area (Å²) in [5, 5.41) is 6.15. The lowest BCUT2D eigenvalue weighted by Gasteiger charge is -2.42. The predicted octanol–water partition coefficient (Wildman–Crippen LogP) is -0.247. The van der Waals surface area contributed by atoms with Crippen LogP contribution in [0.3, 0.4) is 0 Å². The van der Waals surface area contributed by atoms with E-state index in [0.717, 1.165) is 39.0 Å². The number of hydrogen-bond donors (Lipinski definition) is 2. The van der Waals surface area contributed by atoms with E-state index in [-0.39, 0.29) is 42.0 Å². The Kier molecular flexibility index (Phi) is 13.2. The van der Waals surface area contributed by atoms with Crippen molar-refractivity contribution < 1.29 is 19.1 Å². The van der Waals surface area contributed by atoms with Crippen LogP contribution in [-0.4, -0.2) is 101 Å². The summed E-state index contributed by atoms with van der Waals surface area (Å²) in [6, 6.07) is 0. The third-order valence-electron chi connectivity index (χ3n) is 5.09. The lowest BCUT2D eigenvalue weighted by molar-refractivity contribution is -0.149. The Morgan fingerprint density at radius 1 is 1.04 bits per heavy atom. The van der Waals surface area contributed by atoms with Crippen LogP contribution in [0.5, 0.6) is 0 Å². The summed E-state index contributed by atoms with van der Waals surface area (Å²) in [6.45, 7) is 6.41. The van der Waals surface area contributed by atoms with E-state index in [1.54, 1.807) is 14.2 Å². The molecule has 2 aliphatic heterocycles. The fourth-order valence-electron chi connectivity index (χ4n) is 3.60. The Morgan fingerprint density at radius 2 is 1.67 bits per heavy atom. The molecule has 0 unspecified atom stereocenters. The number of nitrogens with zero attached hydrogens (tertiary/aromatic N) is 2. The Labute approximate surface area is 174 Å². The number of ether oxygens (including phenoxy) is 2. The van der Waals surface area contributed by atoms with E-state index < -0.39 is 0 Å². The lowest BCUT2D eigenvalue weighted by Crippen LogP contribution is -2.57. The van der Waals surface area contributed by atoms with E-state index in [1.807, 2.05) is 4.90 Å². The van der Waals surface area contributed by atoms with Crippen LogP contribution in [0, 0.1) is 5.41 Å². The maximum Gasteiger partial charge on any atom is 0.234 e. The molecule has 10 heteroatoms. The molecule has 0 bridgehead atoms. The number of nitrogens with one attached hydrogen (secondary N) is 2. The number of carbonyl (C=O) groups excluding carboxylic acids is 2. The number of rotatable bonds is 8. The number of carbonyl (C=O) groups is 2. The van der Waals surface area contributed by atoms with Gasteiger partial charge in [-0.3, -0.25) is 14.5 Å². The van der Waals surface area contributed by atoms with Crippen LogP contribution in [-0.2, 0) is 19.1 Å². The van der Waals surface area contributed by atoms with Crippen molar-refractivity contribution in [2.45, 2.75) is 12.8 Å². The van der Waals surface area contributed by atoms with Gasteiger partial charge in [-0.25, -0.2) is 0 Å². The van der Waals surface area contributed by atoms with Gasteiger partial charge in [-0.2, -0.15) is 0 Å². The number of methoxy groups -OCH3 is 2. The number of piperazine rings is 1. The highest BCUT2D eigenvalue weighted by molar-refractivity contribution is 5.85. The Hall–Kier alpha value is -0.640. The monoisotopic (exact) mass is 428 g/mol. The van der Waals surface area contributed by atoms with Gasteiger partial charge < -0.3 is 25.0 Å². The van der Waals surface area contributed by atoms with Crippen molar-refractivity contribution in [3.8, 4) is 0 Å². The molecule has 8 nitrogen and oxygen atoms in total. The van der Waals surface area contributed by atoms with Gasteiger partial charge in [0.05, 0.1) is 25.2 Å². The van der Waals surface area contributed by atoms with Crippen molar-refractivity contribution in [1.29, 1.82) is 0 Å². The van der Waals surface area contributed by atoms with Gasteiger partial charge in [-0.15, -0.1) is 24.8 Å². The van der Waals surface area contributed by atoms with Crippen molar-refractivity contribution >= 4 is 36.6 Å². The molecule has 2 rings (SSSR count). The van der Waals surface area contributed by atoms with E-state index in [1.165, 1.54) is 0 Å². The first kappa shape index (κ1) is 26.4. The third-order valence-corrected chi connectivity index (χ3v) is 5.09. The van der Waals surface area contributed by atoms with Crippen molar-refractivity contribution in [2.75, 3.05) is 79.8 Å². The standard InChI is InChI=1S/C17H32N4O4.2ClH/c1-24-12-7-19-15(22)13-20-8-10-21(11-9-20)16(23)17(14-25-2)3-5-18-6-4-17;;/h18H,3-14H2,1-2H3,(H,19,22);2*1H. The second-order valence-corrected chi connectivity index (χ2v) is 6.87. The highest BCUT2D eigenvalue weighted by Crippen LogP contribution is 2.32. The van der Waals surface area contributed by atoms with E-state index in [4.69, 9.17) is 9.47 Å². The van der Waals surface area contributed by atoms with E-state index >= 15 is 0 Å². The summed E-state index contributed by atoms with van der Waals surface area (Å²) in [5.41, 5.74) is -0.389. The van der Waals surface area contributed by atoms with Gasteiger partial charge in [0.2, 0.25) is 11.8 Å². The minimum absolute atomic E-state index is 0. The highest BCUT2D eigenvalue weighted by atomic mass is 35.5. The van der Waals surface area contributed by atoms with Crippen molar-refractivity contribution in [1.82, 2.24) is 20.4 Å². The number of hydrogen-bond acceptors (Lipinski definition) is 6. The van der Waals surface area contributed by atoms with Crippen LogP contribution in [0.15, 0.2) is 0 Å². The highest BCUT2D eigenvalue weighted by Gasteiger charge is 2.42. The summed E-state index contributed by atoms with van der Waals surface area (Å²) in [6.07, 6.45) is 1.64. The summed E-state index contributed by atoms with van der Waals surface area (Å²) in [7, 11) is 3.28. The summed E-state index contributed by atoms with van der Waals surface area (Å²) < 4.78 is 10.3. The Bertz CT molecular complexity index is 437. The summed E-state index contributed by atoms with van der Waals surface area (Å²) in [5.74, 6) is 0.214. The van der Waals surface area contributed by atoms with Gasteiger partial charge in [0, 0.05) is 46.9 Å². The topological polar surface area (TPSA) is 83.1 Å². The largest absolute Gasteiger partial charge is 0.384 e. The smallest absolute Gasteiger partial charge is 0.234 e. The van der Waals surface area contributed by atoms with Crippen LogP contribution >= 0.6 is 24.8 Å². The van der Waals surface area contributed by atoms with Gasteiger partial charge in [0.15, 0.2) is 0 Å². The molecule has 0 aromatic rings. The molecular formula is C17H34Cl2N4O4. The number of halogens is 2. The van der Waals surface area contributed by atoms with Gasteiger partial charge in [-0.05, 0) is 25.9 Å². The van der Waals surface area contributed by atoms with Crippen LogP contribution < -0.4 is 10.6 Å². The van der Waals surface area contributed by atoms with Crippen LogP contribution in [0.2, 0.25) is 0 Å². The Morgan fingerprint density at radius 3 is 2.22 bits per heavy atom. The first-order valence-electron chi connectivity index (χ1n) is 9.08. The van der Waals surface area contributed by atoms with E-state index in [2.05, 4.69) is 15.5 Å². The van der Waals surface area contributed by atoms with E-state index in [9.17, 15) is 9.59 Å². The molecule has 0 aromatic carbocycles. The molecule has 2 aliphatic rings. The fourth-order valence-corrected chi connectivity index (χ4v) is 3.60. The summed E-state index contributed by atoms with van der Waals surface area (Å²) in [4.78, 5) is 29.0. The molecular weight excluding hydrogens is 395 g/mol. The molecule has 2 heterocycles. The molecule has 2 N–H and O–H groups in total. The van der Waals surface area contributed by atoms with Crippen LogP contribution in [0.4, 0.5) is 0 Å². The lowest BCUT2D eigenvalue weighted by atomic mass is 9.78. The quantitative estimate of drug-likeness (QED) is 0.518. The molecule has 0 atom stereocenters. The molecule has 2 amide bonds. The molecule has 0 saturated carbocycles. The second-order valence-electron chi connectivity index (χ2n) is 6.87. The number of piperidine rings is 1. The second kappa shape index (κ2) is 13.5. The van der Waals surface area contributed by atoms with Crippen molar-refractivity contribution in [2.24, 2.45) is 5.41 Å². The average molecular weight is 429 g/mol. The molecule has 0 aliphatic carbocycles. The molecule has 27 heavy (non-hydrogen) atoms.